The van der Waals surface area contributed by atoms with Gasteiger partial charge in [0, 0.05) is 6.20 Å². The Kier molecular flexibility index (Phi) is 5.27. The van der Waals surface area contributed by atoms with Gasteiger partial charge in [0.2, 0.25) is 0 Å². The minimum atomic E-state index is -4.32. The van der Waals surface area contributed by atoms with E-state index in [0.717, 1.165) is 0 Å². The second-order valence-electron chi connectivity index (χ2n) is 3.29. The highest BCUT2D eigenvalue weighted by molar-refractivity contribution is 9.10. The molecule has 0 aromatic carbocycles. The number of nitrogens with one attached hydrogen (secondary N) is 1. The third-order valence-corrected chi connectivity index (χ3v) is 3.67. The van der Waals surface area contributed by atoms with Crippen LogP contribution in [0.5, 0.6) is 0 Å². The number of nitrogens with zero attached hydrogens (tertiary/aromatic N) is 1. The molecule has 96 valence electrons. The quantitative estimate of drug-likeness (QED) is 0.851. The average molecular weight is 329 g/mol. The maximum absolute atomic E-state index is 12.8. The molecule has 0 radical (unpaired) electrons. The molecule has 0 aliphatic heterocycles. The summed E-state index contributed by atoms with van der Waals surface area (Å²) in [5.41, 5.74) is 0.115. The van der Waals surface area contributed by atoms with Gasteiger partial charge in [-0.25, -0.2) is 4.98 Å². The van der Waals surface area contributed by atoms with Crippen molar-refractivity contribution in [1.29, 1.82) is 0 Å². The number of pyridine rings is 1. The van der Waals surface area contributed by atoms with Gasteiger partial charge in [-0.15, -0.1) is 11.8 Å². The fraction of sp³-hybridized carbons (Fsp3) is 0.500. The van der Waals surface area contributed by atoms with E-state index in [2.05, 4.69) is 26.2 Å². The van der Waals surface area contributed by atoms with E-state index < -0.39 is 12.2 Å². The molecule has 0 spiro atoms. The van der Waals surface area contributed by atoms with Crippen LogP contribution in [0.3, 0.4) is 0 Å². The van der Waals surface area contributed by atoms with Gasteiger partial charge in [0.1, 0.15) is 11.1 Å². The van der Waals surface area contributed by atoms with Crippen molar-refractivity contribution in [2.24, 2.45) is 0 Å². The van der Waals surface area contributed by atoms with E-state index >= 15 is 0 Å². The summed E-state index contributed by atoms with van der Waals surface area (Å²) >= 11 is 4.59. The van der Waals surface area contributed by atoms with Crippen molar-refractivity contribution in [3.8, 4) is 0 Å². The normalized spacial score (nSPS) is 13.8. The molecule has 1 N–H and O–H groups in total. The smallest absolute Gasteiger partial charge is 0.303 e. The molecule has 1 rings (SSSR count). The first-order chi connectivity index (χ1) is 7.90. The summed E-state index contributed by atoms with van der Waals surface area (Å²) in [6.45, 7) is 1.88. The zero-order chi connectivity index (χ0) is 13.1. The number of alkyl halides is 3. The first-order valence-electron chi connectivity index (χ1n) is 4.89. The van der Waals surface area contributed by atoms with Gasteiger partial charge in [-0.1, -0.05) is 6.92 Å². The highest BCUT2D eigenvalue weighted by Gasteiger charge is 2.40. The largest absolute Gasteiger partial charge is 0.407 e. The number of rotatable bonds is 4. The third-order valence-electron chi connectivity index (χ3n) is 2.09. The lowest BCUT2D eigenvalue weighted by Crippen LogP contribution is -2.34. The van der Waals surface area contributed by atoms with Crippen LogP contribution in [0.15, 0.2) is 21.8 Å². The lowest BCUT2D eigenvalue weighted by molar-refractivity contribution is -0.157. The Balaban J connectivity index is 3.07. The molecule has 0 amide bonds. The highest BCUT2D eigenvalue weighted by Crippen LogP contribution is 2.34. The standard InChI is InChI=1S/C10H12BrF3N2S/c1-3-15-8(10(12,13)14)6-4-7(11)9(17-2)16-5-6/h4-5,8,15H,3H2,1-2H3. The van der Waals surface area contributed by atoms with Crippen LogP contribution < -0.4 is 5.32 Å². The van der Waals surface area contributed by atoms with Gasteiger partial charge < -0.3 is 5.32 Å². The molecule has 2 nitrogen and oxygen atoms in total. The molecule has 1 heterocycles. The summed E-state index contributed by atoms with van der Waals surface area (Å²) in [5.74, 6) is 0. The van der Waals surface area contributed by atoms with Gasteiger partial charge in [-0.2, -0.15) is 13.2 Å². The van der Waals surface area contributed by atoms with Crippen molar-refractivity contribution >= 4 is 27.7 Å². The van der Waals surface area contributed by atoms with Crippen molar-refractivity contribution in [2.75, 3.05) is 12.8 Å². The van der Waals surface area contributed by atoms with E-state index in [4.69, 9.17) is 0 Å². The number of halogens is 4. The topological polar surface area (TPSA) is 24.9 Å². The molecule has 1 unspecified atom stereocenters. The molecule has 0 aliphatic rings. The van der Waals surface area contributed by atoms with Crippen LogP contribution in [-0.2, 0) is 0 Å². The van der Waals surface area contributed by atoms with Crippen molar-refractivity contribution in [3.63, 3.8) is 0 Å². The van der Waals surface area contributed by atoms with E-state index in [-0.39, 0.29) is 12.1 Å². The van der Waals surface area contributed by atoms with Gasteiger partial charge >= 0.3 is 6.18 Å². The molecule has 1 atom stereocenters. The Bertz CT molecular complexity index is 384. The summed E-state index contributed by atoms with van der Waals surface area (Å²) < 4.78 is 39.0. The van der Waals surface area contributed by atoms with Crippen molar-refractivity contribution in [3.05, 3.63) is 22.3 Å². The molecule has 0 fully saturated rings. The molecule has 1 aromatic rings. The Morgan fingerprint density at radius 1 is 1.53 bits per heavy atom. The van der Waals surface area contributed by atoms with Crippen LogP contribution in [0.4, 0.5) is 13.2 Å². The maximum atomic E-state index is 12.8. The highest BCUT2D eigenvalue weighted by atomic mass is 79.9. The summed E-state index contributed by atoms with van der Waals surface area (Å²) in [7, 11) is 0. The van der Waals surface area contributed by atoms with Crippen LogP contribution >= 0.6 is 27.7 Å². The molecule has 0 bridgehead atoms. The number of hydrogen-bond donors (Lipinski definition) is 1. The average Bonchev–Trinajstić information content (AvgIpc) is 2.24. The minimum Gasteiger partial charge on any atom is -0.303 e. The van der Waals surface area contributed by atoms with E-state index in [1.54, 1.807) is 6.92 Å². The molecule has 7 heteroatoms. The second-order valence-corrected chi connectivity index (χ2v) is 4.94. The lowest BCUT2D eigenvalue weighted by Gasteiger charge is -2.21. The van der Waals surface area contributed by atoms with Gasteiger partial charge in [-0.05, 0) is 40.4 Å². The van der Waals surface area contributed by atoms with Crippen molar-refractivity contribution in [2.45, 2.75) is 24.2 Å². The fourth-order valence-corrected chi connectivity index (χ4v) is 2.64. The SMILES string of the molecule is CCNC(c1cnc(SC)c(Br)c1)C(F)(F)F. The number of thioether (sulfide) groups is 1. The Morgan fingerprint density at radius 2 is 2.18 bits per heavy atom. The molecule has 1 aromatic heterocycles. The first kappa shape index (κ1) is 14.8. The predicted octanol–water partition coefficient (Wildman–Crippen LogP) is 3.78. The van der Waals surface area contributed by atoms with Gasteiger partial charge in [0.05, 0.1) is 4.47 Å². The molecule has 0 saturated carbocycles. The van der Waals surface area contributed by atoms with Crippen LogP contribution in [0, 0.1) is 0 Å². The first-order valence-corrected chi connectivity index (χ1v) is 6.91. The van der Waals surface area contributed by atoms with Gasteiger partial charge in [0.15, 0.2) is 0 Å². The van der Waals surface area contributed by atoms with Crippen LogP contribution in [-0.4, -0.2) is 24.0 Å². The molecule has 0 aliphatic carbocycles. The molecule has 17 heavy (non-hydrogen) atoms. The van der Waals surface area contributed by atoms with Crippen molar-refractivity contribution in [1.82, 2.24) is 10.3 Å². The minimum absolute atomic E-state index is 0.115. The second kappa shape index (κ2) is 6.06. The molecule has 0 saturated heterocycles. The van der Waals surface area contributed by atoms with Crippen molar-refractivity contribution < 1.29 is 13.2 Å². The molecular formula is C10H12BrF3N2S. The van der Waals surface area contributed by atoms with E-state index in [9.17, 15) is 13.2 Å². The number of aromatic nitrogens is 1. The van der Waals surface area contributed by atoms with E-state index in [1.165, 1.54) is 24.0 Å². The van der Waals surface area contributed by atoms with E-state index in [0.29, 0.717) is 9.50 Å². The Morgan fingerprint density at radius 3 is 2.59 bits per heavy atom. The summed E-state index contributed by atoms with van der Waals surface area (Å²) in [6, 6.07) is -0.216. The van der Waals surface area contributed by atoms with Crippen LogP contribution in [0.1, 0.15) is 18.5 Å². The monoisotopic (exact) mass is 328 g/mol. The van der Waals surface area contributed by atoms with Gasteiger partial charge in [-0.3, -0.25) is 0 Å². The maximum Gasteiger partial charge on any atom is 0.407 e. The summed E-state index contributed by atoms with van der Waals surface area (Å²) in [4.78, 5) is 3.99. The predicted molar refractivity (Wildman–Crippen MR) is 66.2 cm³/mol. The fourth-order valence-electron chi connectivity index (χ4n) is 1.37. The summed E-state index contributed by atoms with van der Waals surface area (Å²) in [6.07, 6.45) is -1.24. The van der Waals surface area contributed by atoms with Crippen LogP contribution in [0.2, 0.25) is 0 Å². The third kappa shape index (κ3) is 3.86. The van der Waals surface area contributed by atoms with Crippen LogP contribution in [0.25, 0.3) is 0 Å². The number of hydrogen-bond acceptors (Lipinski definition) is 3. The Hall–Kier alpha value is -0.270. The summed E-state index contributed by atoms with van der Waals surface area (Å²) in [5, 5.41) is 3.08. The zero-order valence-electron chi connectivity index (χ0n) is 9.31. The van der Waals surface area contributed by atoms with Gasteiger partial charge in [0.25, 0.3) is 0 Å². The lowest BCUT2D eigenvalue weighted by atomic mass is 10.1. The molecular weight excluding hydrogens is 317 g/mol. The zero-order valence-corrected chi connectivity index (χ0v) is 11.7. The Labute approximate surface area is 111 Å². The van der Waals surface area contributed by atoms with E-state index in [1.807, 2.05) is 6.26 Å².